The van der Waals surface area contributed by atoms with Crippen molar-refractivity contribution < 1.29 is 0 Å². The summed E-state index contributed by atoms with van der Waals surface area (Å²) in [7, 11) is 0. The molecule has 0 fully saturated rings. The van der Waals surface area contributed by atoms with Gasteiger partial charge < -0.3 is 10.2 Å². The van der Waals surface area contributed by atoms with Crippen molar-refractivity contribution in [2.45, 2.75) is 33.1 Å². The highest BCUT2D eigenvalue weighted by molar-refractivity contribution is 14.0. The molecule has 0 aliphatic carbocycles. The van der Waals surface area contributed by atoms with E-state index < -0.39 is 0 Å². The van der Waals surface area contributed by atoms with Gasteiger partial charge in [-0.05, 0) is 49.8 Å². The van der Waals surface area contributed by atoms with Gasteiger partial charge in [-0.1, -0.05) is 36.4 Å². The van der Waals surface area contributed by atoms with Crippen molar-refractivity contribution in [2.24, 2.45) is 4.99 Å². The first-order valence-electron chi connectivity index (χ1n) is 9.54. The number of guanidine groups is 1. The topological polar surface area (TPSA) is 56.3 Å². The summed E-state index contributed by atoms with van der Waals surface area (Å²) in [6, 6.07) is 10.7. The summed E-state index contributed by atoms with van der Waals surface area (Å²) in [6.45, 7) is 7.84. The largest absolute Gasteiger partial charge is 0.357 e. The van der Waals surface area contributed by atoms with Crippen LogP contribution in [0.25, 0.3) is 5.57 Å². The molecule has 2 heterocycles. The maximum atomic E-state index is 4.84. The minimum Gasteiger partial charge on any atom is -0.357 e. The van der Waals surface area contributed by atoms with E-state index in [0.29, 0.717) is 0 Å². The second-order valence-electron chi connectivity index (χ2n) is 6.65. The molecule has 1 aliphatic heterocycles. The summed E-state index contributed by atoms with van der Waals surface area (Å²) in [5.74, 6) is 1.03. The predicted molar refractivity (Wildman–Crippen MR) is 124 cm³/mol. The fourth-order valence-electron chi connectivity index (χ4n) is 3.28. The molecule has 2 N–H and O–H groups in total. The van der Waals surface area contributed by atoms with E-state index in [1.54, 1.807) is 0 Å². The molecule has 1 aromatic heterocycles. The lowest BCUT2D eigenvalue weighted by Crippen LogP contribution is -2.43. The van der Waals surface area contributed by atoms with Gasteiger partial charge in [0, 0.05) is 31.9 Å². The van der Waals surface area contributed by atoms with Crippen molar-refractivity contribution in [1.29, 1.82) is 0 Å². The SMILES string of the molecule is CCNC(=NCCCc1cn[nH]c1C)N1CC=C(c2ccccc2)CC1.I. The van der Waals surface area contributed by atoms with E-state index in [-0.39, 0.29) is 24.0 Å². The standard InChI is InChI=1S/C21H29N5.HI/c1-3-22-21(23-13-7-10-20-16-24-25-17(20)2)26-14-11-19(12-15-26)18-8-5-4-6-9-18;/h4-6,8-9,11,16H,3,7,10,12-15H2,1-2H3,(H,22,23)(H,24,25);1H. The van der Waals surface area contributed by atoms with Crippen LogP contribution in [-0.2, 0) is 6.42 Å². The highest BCUT2D eigenvalue weighted by Gasteiger charge is 2.15. The minimum absolute atomic E-state index is 0. The van der Waals surface area contributed by atoms with Crippen LogP contribution < -0.4 is 5.32 Å². The maximum absolute atomic E-state index is 4.84. The molecule has 1 aliphatic rings. The van der Waals surface area contributed by atoms with Crippen LogP contribution in [0.5, 0.6) is 0 Å². The zero-order chi connectivity index (χ0) is 18.2. The molecule has 2 aromatic rings. The third-order valence-corrected chi connectivity index (χ3v) is 4.79. The van der Waals surface area contributed by atoms with Gasteiger partial charge in [-0.15, -0.1) is 24.0 Å². The summed E-state index contributed by atoms with van der Waals surface area (Å²) < 4.78 is 0. The van der Waals surface area contributed by atoms with Gasteiger partial charge in [-0.2, -0.15) is 5.10 Å². The molecule has 0 radical (unpaired) electrons. The number of benzene rings is 1. The first-order valence-corrected chi connectivity index (χ1v) is 9.54. The molecule has 0 unspecified atom stereocenters. The molecule has 6 heteroatoms. The van der Waals surface area contributed by atoms with Crippen LogP contribution in [0.15, 0.2) is 47.6 Å². The predicted octanol–water partition coefficient (Wildman–Crippen LogP) is 4.02. The summed E-state index contributed by atoms with van der Waals surface area (Å²) in [4.78, 5) is 7.18. The van der Waals surface area contributed by atoms with Crippen molar-refractivity contribution in [1.82, 2.24) is 20.4 Å². The van der Waals surface area contributed by atoms with Gasteiger partial charge in [-0.3, -0.25) is 10.1 Å². The molecule has 3 rings (SSSR count). The molecule has 0 spiro atoms. The van der Waals surface area contributed by atoms with Gasteiger partial charge in [-0.25, -0.2) is 0 Å². The number of H-pyrrole nitrogens is 1. The Morgan fingerprint density at radius 1 is 1.30 bits per heavy atom. The lowest BCUT2D eigenvalue weighted by molar-refractivity contribution is 0.440. The van der Waals surface area contributed by atoms with Crippen LogP contribution in [0.3, 0.4) is 0 Å². The van der Waals surface area contributed by atoms with Crippen molar-refractivity contribution in [2.75, 3.05) is 26.2 Å². The number of aromatic nitrogens is 2. The molecule has 1 aromatic carbocycles. The molecule has 146 valence electrons. The van der Waals surface area contributed by atoms with E-state index in [4.69, 9.17) is 4.99 Å². The highest BCUT2D eigenvalue weighted by atomic mass is 127. The summed E-state index contributed by atoms with van der Waals surface area (Å²) >= 11 is 0. The lowest BCUT2D eigenvalue weighted by atomic mass is 10.00. The lowest BCUT2D eigenvalue weighted by Gasteiger charge is -2.30. The van der Waals surface area contributed by atoms with Crippen molar-refractivity contribution in [3.8, 4) is 0 Å². The second-order valence-corrected chi connectivity index (χ2v) is 6.65. The van der Waals surface area contributed by atoms with Crippen molar-refractivity contribution in [3.05, 3.63) is 59.4 Å². The quantitative estimate of drug-likeness (QED) is 0.285. The van der Waals surface area contributed by atoms with E-state index in [2.05, 4.69) is 70.7 Å². The first-order chi connectivity index (χ1) is 12.8. The Morgan fingerprint density at radius 3 is 2.74 bits per heavy atom. The van der Waals surface area contributed by atoms with E-state index >= 15 is 0 Å². The van der Waals surface area contributed by atoms with E-state index in [9.17, 15) is 0 Å². The fourth-order valence-corrected chi connectivity index (χ4v) is 3.28. The third kappa shape index (κ3) is 6.09. The van der Waals surface area contributed by atoms with Gasteiger partial charge in [0.25, 0.3) is 0 Å². The van der Waals surface area contributed by atoms with Gasteiger partial charge >= 0.3 is 0 Å². The Balaban J connectivity index is 0.00000261. The maximum Gasteiger partial charge on any atom is 0.194 e. The molecule has 0 saturated heterocycles. The Morgan fingerprint density at radius 2 is 2.11 bits per heavy atom. The van der Waals surface area contributed by atoms with Crippen LogP contribution >= 0.6 is 24.0 Å². The summed E-state index contributed by atoms with van der Waals surface area (Å²) in [5, 5.41) is 10.5. The van der Waals surface area contributed by atoms with E-state index in [1.807, 2.05) is 6.20 Å². The molecular formula is C21H30IN5. The normalized spacial score (nSPS) is 14.5. The molecule has 0 atom stereocenters. The smallest absolute Gasteiger partial charge is 0.194 e. The van der Waals surface area contributed by atoms with Crippen LogP contribution in [0.4, 0.5) is 0 Å². The zero-order valence-electron chi connectivity index (χ0n) is 16.2. The molecular weight excluding hydrogens is 449 g/mol. The van der Waals surface area contributed by atoms with E-state index in [0.717, 1.165) is 57.1 Å². The van der Waals surface area contributed by atoms with Gasteiger partial charge in [0.1, 0.15) is 0 Å². The Hall–Kier alpha value is -1.83. The Bertz CT molecular complexity index is 751. The average molecular weight is 479 g/mol. The number of hydrogen-bond donors (Lipinski definition) is 2. The number of aliphatic imine (C=N–C) groups is 1. The van der Waals surface area contributed by atoms with Crippen molar-refractivity contribution >= 4 is 35.5 Å². The van der Waals surface area contributed by atoms with Gasteiger partial charge in [0.15, 0.2) is 5.96 Å². The third-order valence-electron chi connectivity index (χ3n) is 4.79. The molecule has 5 nitrogen and oxygen atoms in total. The van der Waals surface area contributed by atoms with Crippen LogP contribution in [0.2, 0.25) is 0 Å². The molecule has 27 heavy (non-hydrogen) atoms. The number of aromatic amines is 1. The van der Waals surface area contributed by atoms with Crippen molar-refractivity contribution in [3.63, 3.8) is 0 Å². The van der Waals surface area contributed by atoms with Crippen LogP contribution in [-0.4, -0.2) is 47.2 Å². The summed E-state index contributed by atoms with van der Waals surface area (Å²) in [6.07, 6.45) is 7.37. The molecule has 0 amide bonds. The number of halogens is 1. The number of nitrogens with one attached hydrogen (secondary N) is 2. The van der Waals surface area contributed by atoms with E-state index in [1.165, 1.54) is 16.7 Å². The van der Waals surface area contributed by atoms with Gasteiger partial charge in [0.2, 0.25) is 0 Å². The van der Waals surface area contributed by atoms with Crippen LogP contribution in [0, 0.1) is 6.92 Å². The van der Waals surface area contributed by atoms with Gasteiger partial charge in [0.05, 0.1) is 6.20 Å². The molecule has 0 saturated carbocycles. The monoisotopic (exact) mass is 479 g/mol. The number of nitrogens with zero attached hydrogens (tertiary/aromatic N) is 3. The zero-order valence-corrected chi connectivity index (χ0v) is 18.6. The highest BCUT2D eigenvalue weighted by Crippen LogP contribution is 2.22. The number of rotatable bonds is 6. The fraction of sp³-hybridized carbons (Fsp3) is 0.429. The molecule has 0 bridgehead atoms. The average Bonchev–Trinajstić information content (AvgIpc) is 3.10. The second kappa shape index (κ2) is 11.1. The Kier molecular flexibility index (Phi) is 8.84. The summed E-state index contributed by atoms with van der Waals surface area (Å²) in [5.41, 5.74) is 5.23. The Labute approximate surface area is 179 Å². The number of aryl methyl sites for hydroxylation is 2. The number of hydrogen-bond acceptors (Lipinski definition) is 2. The minimum atomic E-state index is 0. The first kappa shape index (κ1) is 21.5. The van der Waals surface area contributed by atoms with Crippen LogP contribution in [0.1, 0.15) is 36.6 Å².